The van der Waals surface area contributed by atoms with Gasteiger partial charge in [0, 0.05) is 48.2 Å². The van der Waals surface area contributed by atoms with Crippen LogP contribution in [0.5, 0.6) is 0 Å². The zero-order valence-electron chi connectivity index (χ0n) is 8.28. The molecule has 0 spiro atoms. The minimum absolute atomic E-state index is 0. The monoisotopic (exact) mass is 360 g/mol. The number of aliphatic hydroxyl groups excluding tert-OH is 2. The van der Waals surface area contributed by atoms with Gasteiger partial charge in [-0.05, 0) is 5.56 Å². The zero-order valence-corrected chi connectivity index (χ0v) is 11.4. The van der Waals surface area contributed by atoms with Crippen LogP contribution in [0.3, 0.4) is 0 Å². The largest absolute Gasteiger partial charge is 0.414 e. The molecule has 1 aromatic carbocycles. The maximum atomic E-state index is 12.0. The molecule has 16 heavy (non-hydrogen) atoms. The van der Waals surface area contributed by atoms with Gasteiger partial charge in [-0.2, -0.15) is 13.2 Å². The minimum atomic E-state index is -4.68. The first-order valence-corrected chi connectivity index (χ1v) is 4.39. The molecule has 2 atom stereocenters. The first-order chi connectivity index (χ1) is 6.91. The molecule has 0 bridgehead atoms. The van der Waals surface area contributed by atoms with E-state index in [-0.39, 0.29) is 41.7 Å². The molecule has 2 nitrogen and oxygen atoms in total. The predicted molar refractivity (Wildman–Crippen MR) is 48.1 cm³/mol. The number of aliphatic hydroxyl groups is 2. The molecule has 2 unspecified atom stereocenters. The fourth-order valence-electron chi connectivity index (χ4n) is 1.16. The van der Waals surface area contributed by atoms with Crippen LogP contribution in [0.1, 0.15) is 18.1 Å². The minimum Gasteiger partial charge on any atom is -0.388 e. The molecular weight excluding hydrogens is 349 g/mol. The second-order valence-corrected chi connectivity index (χ2v) is 3.22. The molecule has 0 aliphatic rings. The summed E-state index contributed by atoms with van der Waals surface area (Å²) in [6, 6.07) is 7.93. The molecule has 0 radical (unpaired) electrons. The van der Waals surface area contributed by atoms with Crippen LogP contribution in [0, 0.1) is 41.7 Å². The second kappa shape index (κ2) is 6.90. The summed E-state index contributed by atoms with van der Waals surface area (Å²) >= 11 is 0. The summed E-state index contributed by atoms with van der Waals surface area (Å²) in [7, 11) is 0. The van der Waals surface area contributed by atoms with Gasteiger partial charge in [0.1, 0.15) is 0 Å². The van der Waals surface area contributed by atoms with Gasteiger partial charge in [0.2, 0.25) is 0 Å². The third kappa shape index (κ3) is 5.09. The third-order valence-electron chi connectivity index (χ3n) is 2.01. The van der Waals surface area contributed by atoms with Gasteiger partial charge in [0.15, 0.2) is 6.10 Å². The van der Waals surface area contributed by atoms with E-state index in [0.29, 0.717) is 5.56 Å². The van der Waals surface area contributed by atoms with Gasteiger partial charge in [0.05, 0.1) is 6.10 Å². The summed E-state index contributed by atoms with van der Waals surface area (Å²) in [6.45, 7) is 0. The van der Waals surface area contributed by atoms with Crippen LogP contribution >= 0.6 is 0 Å². The van der Waals surface area contributed by atoms with E-state index in [9.17, 15) is 18.3 Å². The number of halogens is 3. The first-order valence-electron chi connectivity index (χ1n) is 4.39. The van der Waals surface area contributed by atoms with E-state index in [2.05, 4.69) is 0 Å². The Hall–Kier alpha value is 0.307. The Morgan fingerprint density at radius 2 is 1.56 bits per heavy atom. The number of hydrogen-bond acceptors (Lipinski definition) is 2. The van der Waals surface area contributed by atoms with E-state index in [4.69, 9.17) is 5.11 Å². The molecule has 0 aliphatic heterocycles. The molecule has 0 aliphatic carbocycles. The van der Waals surface area contributed by atoms with E-state index in [1.54, 1.807) is 18.2 Å². The Labute approximate surface area is 125 Å². The fraction of sp³-hybridized carbons (Fsp3) is 0.400. The van der Waals surface area contributed by atoms with E-state index in [0.717, 1.165) is 0 Å². The zero-order chi connectivity index (χ0) is 11.5. The maximum Gasteiger partial charge on any atom is 0.414 e. The van der Waals surface area contributed by atoms with Crippen molar-refractivity contribution in [3.05, 3.63) is 35.9 Å². The number of alkyl halides is 3. The molecular formula is C10H11CeF3O2. The number of benzene rings is 1. The van der Waals surface area contributed by atoms with Crippen molar-refractivity contribution in [2.45, 2.75) is 24.8 Å². The fourth-order valence-corrected chi connectivity index (χ4v) is 1.16. The summed E-state index contributed by atoms with van der Waals surface area (Å²) < 4.78 is 35.9. The van der Waals surface area contributed by atoms with Crippen molar-refractivity contribution in [1.29, 1.82) is 0 Å². The Balaban J connectivity index is 0.00000225. The van der Waals surface area contributed by atoms with Gasteiger partial charge in [0.25, 0.3) is 0 Å². The van der Waals surface area contributed by atoms with Gasteiger partial charge in [-0.3, -0.25) is 0 Å². The van der Waals surface area contributed by atoms with Gasteiger partial charge >= 0.3 is 6.18 Å². The molecule has 0 saturated heterocycles. The standard InChI is InChI=1S/C10H11F3O2.Ce/c11-10(12,13)9(15)6-8(14)7-4-2-1-3-5-7;/h1-5,8-9,14-15H,6H2;. The summed E-state index contributed by atoms with van der Waals surface area (Å²) in [5.74, 6) is 0. The van der Waals surface area contributed by atoms with Crippen LogP contribution in [0.15, 0.2) is 30.3 Å². The van der Waals surface area contributed by atoms with Crippen LogP contribution < -0.4 is 0 Å². The quantitative estimate of drug-likeness (QED) is 0.866. The van der Waals surface area contributed by atoms with Crippen molar-refractivity contribution in [2.24, 2.45) is 0 Å². The van der Waals surface area contributed by atoms with E-state index < -0.39 is 24.8 Å². The molecule has 0 fully saturated rings. The van der Waals surface area contributed by atoms with Crippen molar-refractivity contribution in [2.75, 3.05) is 0 Å². The van der Waals surface area contributed by atoms with Gasteiger partial charge < -0.3 is 10.2 Å². The molecule has 0 saturated carbocycles. The van der Waals surface area contributed by atoms with E-state index in [1.165, 1.54) is 12.1 Å². The van der Waals surface area contributed by atoms with Crippen molar-refractivity contribution in [3.8, 4) is 0 Å². The number of rotatable bonds is 3. The molecule has 2 N–H and O–H groups in total. The average Bonchev–Trinajstić information content (AvgIpc) is 2.17. The predicted octanol–water partition coefficient (Wildman–Crippen LogP) is 2.03. The molecule has 1 rings (SSSR count). The Bertz CT molecular complexity index is 303. The first kappa shape index (κ1) is 16.3. The number of hydrogen-bond donors (Lipinski definition) is 2. The van der Waals surface area contributed by atoms with Crippen LogP contribution in [-0.2, 0) is 0 Å². The van der Waals surface area contributed by atoms with Crippen LogP contribution in [-0.4, -0.2) is 22.5 Å². The van der Waals surface area contributed by atoms with Crippen molar-refractivity contribution in [3.63, 3.8) is 0 Å². The molecule has 0 heterocycles. The smallest absolute Gasteiger partial charge is 0.388 e. The van der Waals surface area contributed by atoms with Gasteiger partial charge in [-0.15, -0.1) is 0 Å². The Kier molecular flexibility index (Phi) is 7.03. The summed E-state index contributed by atoms with van der Waals surface area (Å²) in [6.07, 6.45) is -9.22. The average molecular weight is 360 g/mol. The topological polar surface area (TPSA) is 40.5 Å². The summed E-state index contributed by atoms with van der Waals surface area (Å²) in [4.78, 5) is 0. The molecule has 88 valence electrons. The van der Waals surface area contributed by atoms with E-state index in [1.807, 2.05) is 0 Å². The van der Waals surface area contributed by atoms with Crippen molar-refractivity contribution in [1.82, 2.24) is 0 Å². The van der Waals surface area contributed by atoms with Gasteiger partial charge in [-0.25, -0.2) is 0 Å². The van der Waals surface area contributed by atoms with Crippen LogP contribution in [0.4, 0.5) is 13.2 Å². The summed E-state index contributed by atoms with van der Waals surface area (Å²) in [5, 5.41) is 18.1. The Morgan fingerprint density at radius 1 is 1.06 bits per heavy atom. The van der Waals surface area contributed by atoms with Crippen LogP contribution in [0.2, 0.25) is 0 Å². The maximum absolute atomic E-state index is 12.0. The van der Waals surface area contributed by atoms with Gasteiger partial charge in [-0.1, -0.05) is 30.3 Å². The molecule has 1 aromatic rings. The summed E-state index contributed by atoms with van der Waals surface area (Å²) in [5.41, 5.74) is 0.362. The molecule has 6 heteroatoms. The third-order valence-corrected chi connectivity index (χ3v) is 2.01. The SMILES string of the molecule is OC(CC(O)C(F)(F)F)c1ccccc1.[Ce]. The molecule has 0 amide bonds. The second-order valence-electron chi connectivity index (χ2n) is 3.22. The normalized spacial score (nSPS) is 15.1. The van der Waals surface area contributed by atoms with E-state index >= 15 is 0 Å². The van der Waals surface area contributed by atoms with Crippen LogP contribution in [0.25, 0.3) is 0 Å². The molecule has 0 aromatic heterocycles. The Morgan fingerprint density at radius 3 is 2.00 bits per heavy atom. The van der Waals surface area contributed by atoms with Crippen molar-refractivity contribution >= 4 is 0 Å². The van der Waals surface area contributed by atoms with Crippen molar-refractivity contribution < 1.29 is 65.1 Å².